The van der Waals surface area contributed by atoms with Crippen molar-refractivity contribution in [3.63, 3.8) is 0 Å². The van der Waals surface area contributed by atoms with Crippen molar-refractivity contribution in [2.75, 3.05) is 110 Å². The van der Waals surface area contributed by atoms with Crippen molar-refractivity contribution < 1.29 is 44.4 Å². The van der Waals surface area contributed by atoms with Crippen LogP contribution in [0.5, 0.6) is 0 Å². The Hall–Kier alpha value is -3.32. The molecule has 0 spiro atoms. The molecular weight excluding hydrogens is 707 g/mol. The minimum atomic E-state index is -1.01. The number of nitrogens with zero attached hydrogens (tertiary/aromatic N) is 6. The fourth-order valence-electron chi connectivity index (χ4n) is 6.59. The molecule has 2 saturated heterocycles. The van der Waals surface area contributed by atoms with E-state index in [1.54, 1.807) is 14.7 Å². The first-order valence-corrected chi connectivity index (χ1v) is 19.3. The normalized spacial score (nSPS) is 18.9. The van der Waals surface area contributed by atoms with Gasteiger partial charge in [-0.25, -0.2) is 0 Å². The lowest BCUT2D eigenvalue weighted by Crippen LogP contribution is -2.53. The van der Waals surface area contributed by atoms with Crippen molar-refractivity contribution in [2.24, 2.45) is 11.1 Å². The van der Waals surface area contributed by atoms with Crippen molar-refractivity contribution >= 4 is 41.5 Å². The molecule has 1 aromatic carbocycles. The summed E-state index contributed by atoms with van der Waals surface area (Å²) < 4.78 is 0. The van der Waals surface area contributed by atoms with Crippen LogP contribution in [-0.2, 0) is 42.7 Å². The number of carbonyl (C=O) groups excluding carboxylic acids is 1. The van der Waals surface area contributed by atoms with Gasteiger partial charge in [-0.15, -0.1) is 0 Å². The van der Waals surface area contributed by atoms with Gasteiger partial charge in [0, 0.05) is 96.6 Å². The molecule has 0 bridgehead atoms. The summed E-state index contributed by atoms with van der Waals surface area (Å²) in [6, 6.07) is 5.70. The van der Waals surface area contributed by atoms with Gasteiger partial charge in [-0.05, 0) is 28.5 Å². The standard InChI is InChI=1S/C36H59N7O9S/c1-36(2,3)19-27-16-28(18-29(17-27)25-53-26-30(37)35(51)52)20-38-12-14-43(15-13-38)31(44)21-39-4-6-40(22-32(45)46)8-10-42(24-34(49)50)11-9-41(7-5-39)23-33(47)48/h16-18,30H,4-15,19-26,37H2,1-3H3,(H,45,46)(H,47,48)(H,49,50)(H,51,52)/t30-/m0/s1. The van der Waals surface area contributed by atoms with E-state index in [1.807, 2.05) is 9.80 Å². The molecule has 0 aliphatic carbocycles. The van der Waals surface area contributed by atoms with Crippen LogP contribution >= 0.6 is 11.8 Å². The maximum atomic E-state index is 13.6. The number of amides is 1. The number of carboxylic acids is 4. The summed E-state index contributed by atoms with van der Waals surface area (Å²) in [6.45, 7) is 12.0. The molecule has 0 saturated carbocycles. The molecule has 3 rings (SSSR count). The number of carboxylic acid groups (broad SMARTS) is 4. The van der Waals surface area contributed by atoms with Crippen molar-refractivity contribution in [1.82, 2.24) is 29.4 Å². The smallest absolute Gasteiger partial charge is 0.321 e. The Morgan fingerprint density at radius 2 is 1.02 bits per heavy atom. The summed E-state index contributed by atoms with van der Waals surface area (Å²) in [5.41, 5.74) is 9.34. The highest BCUT2D eigenvalue weighted by atomic mass is 32.2. The molecule has 0 unspecified atom stereocenters. The number of rotatable bonds is 16. The van der Waals surface area contributed by atoms with Crippen LogP contribution in [0.3, 0.4) is 0 Å². The fraction of sp³-hybridized carbons (Fsp3) is 0.694. The number of nitrogens with two attached hydrogens (primary N) is 1. The summed E-state index contributed by atoms with van der Waals surface area (Å²) >= 11 is 1.51. The zero-order valence-electron chi connectivity index (χ0n) is 31.5. The van der Waals surface area contributed by atoms with Gasteiger partial charge < -0.3 is 31.1 Å². The Bertz CT molecular complexity index is 1360. The molecule has 1 amide bonds. The minimum absolute atomic E-state index is 0.0370. The van der Waals surface area contributed by atoms with Gasteiger partial charge in [0.05, 0.1) is 26.2 Å². The van der Waals surface area contributed by atoms with Crippen LogP contribution in [0, 0.1) is 5.41 Å². The van der Waals surface area contributed by atoms with Crippen molar-refractivity contribution in [1.29, 1.82) is 0 Å². The zero-order chi connectivity index (χ0) is 39.1. The second-order valence-corrected chi connectivity index (χ2v) is 16.3. The SMILES string of the molecule is CC(C)(C)Cc1cc(CSC[C@H](N)C(=O)O)cc(CN2CCN(C(=O)CN3CCN(CC(=O)O)CCN(CC(=O)O)CCN(CC(=O)O)CC3)CC2)c1. The minimum Gasteiger partial charge on any atom is -0.480 e. The first-order valence-electron chi connectivity index (χ1n) is 18.2. The predicted octanol–water partition coefficient (Wildman–Crippen LogP) is 0.0399. The molecule has 0 radical (unpaired) electrons. The topological polar surface area (TPSA) is 212 Å². The molecule has 2 fully saturated rings. The van der Waals surface area contributed by atoms with Gasteiger partial charge in [0.1, 0.15) is 6.04 Å². The molecule has 0 aromatic heterocycles. The molecule has 2 heterocycles. The first-order chi connectivity index (χ1) is 24.9. The van der Waals surface area contributed by atoms with Gasteiger partial charge >= 0.3 is 23.9 Å². The fourth-order valence-corrected chi connectivity index (χ4v) is 7.51. The number of hydrogen-bond acceptors (Lipinski definition) is 12. The van der Waals surface area contributed by atoms with E-state index in [4.69, 9.17) is 10.8 Å². The molecule has 16 nitrogen and oxygen atoms in total. The summed E-state index contributed by atoms with van der Waals surface area (Å²) in [5, 5.41) is 37.5. The van der Waals surface area contributed by atoms with Crippen LogP contribution in [0.2, 0.25) is 0 Å². The third-order valence-corrected chi connectivity index (χ3v) is 10.4. The van der Waals surface area contributed by atoms with Crippen molar-refractivity contribution in [2.45, 2.75) is 45.5 Å². The Morgan fingerprint density at radius 3 is 1.43 bits per heavy atom. The number of thioether (sulfide) groups is 1. The van der Waals surface area contributed by atoms with Crippen LogP contribution in [0.4, 0.5) is 0 Å². The number of aliphatic carboxylic acids is 4. The summed E-state index contributed by atoms with van der Waals surface area (Å²) in [5.74, 6) is -3.05. The number of hydrogen-bond donors (Lipinski definition) is 5. The average Bonchev–Trinajstić information content (AvgIpc) is 3.04. The van der Waals surface area contributed by atoms with Gasteiger partial charge in [-0.3, -0.25) is 48.5 Å². The second-order valence-electron chi connectivity index (χ2n) is 15.3. The summed E-state index contributed by atoms with van der Waals surface area (Å²) in [7, 11) is 0. The van der Waals surface area contributed by atoms with Gasteiger partial charge in [0.25, 0.3) is 0 Å². The average molecular weight is 766 g/mol. The van der Waals surface area contributed by atoms with E-state index < -0.39 is 29.9 Å². The Morgan fingerprint density at radius 1 is 0.623 bits per heavy atom. The third kappa shape index (κ3) is 17.6. The second kappa shape index (κ2) is 21.5. The van der Waals surface area contributed by atoms with Crippen LogP contribution in [0.25, 0.3) is 0 Å². The molecule has 2 aliphatic rings. The van der Waals surface area contributed by atoms with E-state index in [1.165, 1.54) is 22.9 Å². The van der Waals surface area contributed by atoms with Crippen LogP contribution in [-0.4, -0.2) is 196 Å². The van der Waals surface area contributed by atoms with Crippen LogP contribution in [0.15, 0.2) is 18.2 Å². The molecule has 298 valence electrons. The number of carbonyl (C=O) groups is 5. The van der Waals surface area contributed by atoms with Gasteiger partial charge in [-0.2, -0.15) is 11.8 Å². The van der Waals surface area contributed by atoms with Crippen molar-refractivity contribution in [3.8, 4) is 0 Å². The Balaban J connectivity index is 1.63. The third-order valence-electron chi connectivity index (χ3n) is 9.23. The van der Waals surface area contributed by atoms with E-state index in [0.717, 1.165) is 18.5 Å². The first kappa shape index (κ1) is 44.1. The van der Waals surface area contributed by atoms with Crippen LogP contribution in [0.1, 0.15) is 37.5 Å². The lowest BCUT2D eigenvalue weighted by Gasteiger charge is -2.37. The molecule has 2 aliphatic heterocycles. The van der Waals surface area contributed by atoms with E-state index in [-0.39, 0.29) is 37.5 Å². The number of piperazine rings is 1. The molecule has 17 heteroatoms. The van der Waals surface area contributed by atoms with Gasteiger partial charge in [0.2, 0.25) is 5.91 Å². The van der Waals surface area contributed by atoms with Crippen molar-refractivity contribution in [3.05, 3.63) is 34.9 Å². The zero-order valence-corrected chi connectivity index (χ0v) is 32.3. The van der Waals surface area contributed by atoms with E-state index in [0.29, 0.717) is 90.0 Å². The Labute approximate surface area is 316 Å². The molecule has 6 N–H and O–H groups in total. The highest BCUT2D eigenvalue weighted by Crippen LogP contribution is 2.25. The highest BCUT2D eigenvalue weighted by Gasteiger charge is 2.26. The molecular formula is C36H59N7O9S. The van der Waals surface area contributed by atoms with E-state index >= 15 is 0 Å². The van der Waals surface area contributed by atoms with E-state index in [2.05, 4.69) is 43.9 Å². The summed E-state index contributed by atoms with van der Waals surface area (Å²) in [4.78, 5) is 70.8. The lowest BCUT2D eigenvalue weighted by atomic mass is 9.87. The quantitative estimate of drug-likeness (QED) is 0.150. The van der Waals surface area contributed by atoms with Crippen LogP contribution < -0.4 is 5.73 Å². The monoisotopic (exact) mass is 765 g/mol. The maximum Gasteiger partial charge on any atom is 0.321 e. The van der Waals surface area contributed by atoms with Gasteiger partial charge in [-0.1, -0.05) is 39.0 Å². The van der Waals surface area contributed by atoms with Gasteiger partial charge in [0.15, 0.2) is 0 Å². The molecule has 1 aromatic rings. The maximum absolute atomic E-state index is 13.6. The molecule has 1 atom stereocenters. The highest BCUT2D eigenvalue weighted by molar-refractivity contribution is 7.98. The summed E-state index contributed by atoms with van der Waals surface area (Å²) in [6.07, 6.45) is 0.900. The molecule has 53 heavy (non-hydrogen) atoms. The Kier molecular flexibility index (Phi) is 17.9. The van der Waals surface area contributed by atoms with E-state index in [9.17, 15) is 39.3 Å². The predicted molar refractivity (Wildman–Crippen MR) is 202 cm³/mol. The lowest BCUT2D eigenvalue weighted by molar-refractivity contribution is -0.141. The number of benzene rings is 1. The largest absolute Gasteiger partial charge is 0.480 e.